The lowest BCUT2D eigenvalue weighted by Gasteiger charge is -2.55. The molecule has 0 radical (unpaired) electrons. The van der Waals surface area contributed by atoms with Gasteiger partial charge in [-0.1, -0.05) is 13.8 Å². The van der Waals surface area contributed by atoms with Crippen LogP contribution >= 0.6 is 0 Å². The maximum absolute atomic E-state index is 13.0. The minimum Gasteiger partial charge on any atom is -0.322 e. The van der Waals surface area contributed by atoms with Crippen LogP contribution in [0.5, 0.6) is 0 Å². The highest BCUT2D eigenvalue weighted by Crippen LogP contribution is 2.28. The van der Waals surface area contributed by atoms with Crippen molar-refractivity contribution in [3.05, 3.63) is 30.1 Å². The van der Waals surface area contributed by atoms with Crippen molar-refractivity contribution >= 4 is 11.7 Å². The molecular weight excluding hydrogens is 331 g/mol. The van der Waals surface area contributed by atoms with Gasteiger partial charge in [-0.3, -0.25) is 9.80 Å². The molecule has 144 valence electrons. The number of benzene rings is 1. The van der Waals surface area contributed by atoms with E-state index in [0.717, 1.165) is 39.3 Å². The largest absolute Gasteiger partial charge is 0.322 e. The van der Waals surface area contributed by atoms with Gasteiger partial charge in [-0.2, -0.15) is 0 Å². The lowest BCUT2D eigenvalue weighted by atomic mass is 9.92. The van der Waals surface area contributed by atoms with E-state index in [1.54, 1.807) is 12.1 Å². The van der Waals surface area contributed by atoms with E-state index in [-0.39, 0.29) is 17.4 Å². The number of fused-ring (bicyclic) bond motifs is 1. The fraction of sp³-hybridized carbons (Fsp3) is 0.650. The number of rotatable bonds is 3. The quantitative estimate of drug-likeness (QED) is 0.898. The van der Waals surface area contributed by atoms with Crippen LogP contribution in [-0.4, -0.2) is 71.6 Å². The zero-order chi connectivity index (χ0) is 18.9. The van der Waals surface area contributed by atoms with E-state index in [0.29, 0.717) is 17.6 Å². The molecule has 2 amide bonds. The minimum atomic E-state index is -0.300. The average Bonchev–Trinajstić information content (AvgIpc) is 2.55. The fourth-order valence-electron chi connectivity index (χ4n) is 4.38. The molecule has 1 aromatic rings. The highest BCUT2D eigenvalue weighted by Gasteiger charge is 2.43. The Bertz CT molecular complexity index is 631. The van der Waals surface area contributed by atoms with Gasteiger partial charge in [0.25, 0.3) is 0 Å². The summed E-state index contributed by atoms with van der Waals surface area (Å²) in [7, 11) is 0. The van der Waals surface area contributed by atoms with Crippen molar-refractivity contribution in [1.82, 2.24) is 14.7 Å². The second kappa shape index (κ2) is 7.53. The molecule has 26 heavy (non-hydrogen) atoms. The Morgan fingerprint density at radius 3 is 2.58 bits per heavy atom. The van der Waals surface area contributed by atoms with Gasteiger partial charge in [0.2, 0.25) is 0 Å². The van der Waals surface area contributed by atoms with Crippen LogP contribution in [0.2, 0.25) is 0 Å². The van der Waals surface area contributed by atoms with Crippen LogP contribution in [0.3, 0.4) is 0 Å². The lowest BCUT2D eigenvalue weighted by molar-refractivity contribution is -0.0582. The Labute approximate surface area is 156 Å². The second-order valence-corrected chi connectivity index (χ2v) is 8.63. The fourth-order valence-corrected chi connectivity index (χ4v) is 4.38. The summed E-state index contributed by atoms with van der Waals surface area (Å²) in [4.78, 5) is 19.6. The number of halogens is 1. The highest BCUT2D eigenvalue weighted by molar-refractivity contribution is 5.89. The Morgan fingerprint density at radius 2 is 1.92 bits per heavy atom. The van der Waals surface area contributed by atoms with Crippen LogP contribution in [-0.2, 0) is 0 Å². The molecule has 0 aromatic heterocycles. The average molecular weight is 362 g/mol. The molecule has 0 saturated carbocycles. The summed E-state index contributed by atoms with van der Waals surface area (Å²) in [6, 6.07) is 6.16. The molecule has 2 aliphatic rings. The van der Waals surface area contributed by atoms with Gasteiger partial charge in [-0.05, 0) is 44.0 Å². The molecule has 2 aliphatic heterocycles. The first kappa shape index (κ1) is 19.1. The molecule has 1 unspecified atom stereocenters. The normalized spacial score (nSPS) is 23.8. The van der Waals surface area contributed by atoms with Gasteiger partial charge in [0.15, 0.2) is 0 Å². The number of hydrogen-bond acceptors (Lipinski definition) is 3. The van der Waals surface area contributed by atoms with Gasteiger partial charge in [0.1, 0.15) is 5.82 Å². The van der Waals surface area contributed by atoms with E-state index in [9.17, 15) is 9.18 Å². The van der Waals surface area contributed by atoms with E-state index in [2.05, 4.69) is 42.8 Å². The maximum Gasteiger partial charge on any atom is 0.321 e. The highest BCUT2D eigenvalue weighted by atomic mass is 19.1. The number of anilines is 1. The maximum atomic E-state index is 13.0. The van der Waals surface area contributed by atoms with Crippen LogP contribution in [0, 0.1) is 11.7 Å². The molecule has 3 rings (SSSR count). The predicted octanol–water partition coefficient (Wildman–Crippen LogP) is 3.09. The SMILES string of the molecule is CC(C)CN1CC2CN(C(=O)Nc3ccc(F)cc3)CCN2C(C)(C)C1. The summed E-state index contributed by atoms with van der Waals surface area (Å²) in [6.45, 7) is 14.6. The smallest absolute Gasteiger partial charge is 0.321 e. The molecule has 2 fully saturated rings. The van der Waals surface area contributed by atoms with E-state index in [4.69, 9.17) is 0 Å². The van der Waals surface area contributed by atoms with E-state index in [1.807, 2.05) is 4.90 Å². The number of carbonyl (C=O) groups excluding carboxylic acids is 1. The van der Waals surface area contributed by atoms with Crippen molar-refractivity contribution in [3.63, 3.8) is 0 Å². The number of carbonyl (C=O) groups is 1. The Morgan fingerprint density at radius 1 is 1.23 bits per heavy atom. The van der Waals surface area contributed by atoms with E-state index < -0.39 is 0 Å². The molecule has 0 spiro atoms. The van der Waals surface area contributed by atoms with E-state index in [1.165, 1.54) is 12.1 Å². The molecular formula is C20H31FN4O. The summed E-state index contributed by atoms with van der Waals surface area (Å²) in [5, 5.41) is 2.89. The number of urea groups is 1. The van der Waals surface area contributed by atoms with Gasteiger partial charge in [-0.15, -0.1) is 0 Å². The van der Waals surface area contributed by atoms with Crippen LogP contribution in [0.1, 0.15) is 27.7 Å². The number of hydrogen-bond donors (Lipinski definition) is 1. The van der Waals surface area contributed by atoms with Crippen LogP contribution in [0.25, 0.3) is 0 Å². The minimum absolute atomic E-state index is 0.102. The van der Waals surface area contributed by atoms with Crippen molar-refractivity contribution in [2.75, 3.05) is 44.6 Å². The van der Waals surface area contributed by atoms with Crippen molar-refractivity contribution in [3.8, 4) is 0 Å². The van der Waals surface area contributed by atoms with Crippen LogP contribution < -0.4 is 5.32 Å². The van der Waals surface area contributed by atoms with Gasteiger partial charge in [0, 0.05) is 56.5 Å². The third-order valence-corrected chi connectivity index (χ3v) is 5.35. The number of piperazine rings is 2. The number of nitrogens with zero attached hydrogens (tertiary/aromatic N) is 3. The zero-order valence-corrected chi connectivity index (χ0v) is 16.3. The molecule has 1 atom stereocenters. The van der Waals surface area contributed by atoms with Gasteiger partial charge < -0.3 is 10.2 Å². The van der Waals surface area contributed by atoms with Crippen LogP contribution in [0.4, 0.5) is 14.9 Å². The first-order valence-electron chi connectivity index (χ1n) is 9.55. The molecule has 0 bridgehead atoms. The topological polar surface area (TPSA) is 38.8 Å². The van der Waals surface area contributed by atoms with Gasteiger partial charge in [0.05, 0.1) is 0 Å². The monoisotopic (exact) mass is 362 g/mol. The number of nitrogens with one attached hydrogen (secondary N) is 1. The third-order valence-electron chi connectivity index (χ3n) is 5.35. The molecule has 2 saturated heterocycles. The summed E-state index contributed by atoms with van der Waals surface area (Å²) in [5.41, 5.74) is 0.751. The van der Waals surface area contributed by atoms with Crippen molar-refractivity contribution in [2.24, 2.45) is 5.92 Å². The third kappa shape index (κ3) is 4.35. The Hall–Kier alpha value is -1.66. The molecule has 1 aromatic carbocycles. The zero-order valence-electron chi connectivity index (χ0n) is 16.3. The second-order valence-electron chi connectivity index (χ2n) is 8.63. The molecule has 5 nitrogen and oxygen atoms in total. The number of amides is 2. The van der Waals surface area contributed by atoms with E-state index >= 15 is 0 Å². The first-order chi connectivity index (χ1) is 12.2. The molecule has 2 heterocycles. The summed E-state index contributed by atoms with van der Waals surface area (Å²) < 4.78 is 13.0. The van der Waals surface area contributed by atoms with Crippen molar-refractivity contribution < 1.29 is 9.18 Å². The Kier molecular flexibility index (Phi) is 5.53. The van der Waals surface area contributed by atoms with Gasteiger partial charge in [-0.25, -0.2) is 9.18 Å². The van der Waals surface area contributed by atoms with Crippen molar-refractivity contribution in [2.45, 2.75) is 39.3 Å². The molecule has 6 heteroatoms. The van der Waals surface area contributed by atoms with Crippen LogP contribution in [0.15, 0.2) is 24.3 Å². The standard InChI is InChI=1S/C20H31FN4O/c1-15(2)11-23-12-18-13-24(9-10-25(18)20(3,4)14-23)19(26)22-17-7-5-16(21)6-8-17/h5-8,15,18H,9-14H2,1-4H3,(H,22,26). The Balaban J connectivity index is 1.64. The lowest BCUT2D eigenvalue weighted by Crippen LogP contribution is -2.70. The van der Waals surface area contributed by atoms with Crippen molar-refractivity contribution in [1.29, 1.82) is 0 Å². The first-order valence-corrected chi connectivity index (χ1v) is 9.55. The molecule has 1 N–H and O–H groups in total. The summed E-state index contributed by atoms with van der Waals surface area (Å²) in [5.74, 6) is 0.338. The molecule has 0 aliphatic carbocycles. The summed E-state index contributed by atoms with van der Waals surface area (Å²) >= 11 is 0. The summed E-state index contributed by atoms with van der Waals surface area (Å²) in [6.07, 6.45) is 0. The predicted molar refractivity (Wildman–Crippen MR) is 103 cm³/mol. The van der Waals surface area contributed by atoms with Gasteiger partial charge >= 0.3 is 6.03 Å².